The lowest BCUT2D eigenvalue weighted by atomic mass is 10.2. The van der Waals surface area contributed by atoms with Crippen LogP contribution in [0.2, 0.25) is 0 Å². The number of carbonyl (C=O) groups excluding carboxylic acids is 1. The molecule has 3 heterocycles. The zero-order valence-corrected chi connectivity index (χ0v) is 12.8. The fourth-order valence-electron chi connectivity index (χ4n) is 2.62. The first-order valence-corrected chi connectivity index (χ1v) is 7.29. The standard InChI is InChI=1S/C15H19N5O2/c1-19(2)10-13-17-15(22-18-13)12-3-4-14(21)20(12)9-11-5-7-16-8-6-11/h5-8,12H,3-4,9-10H2,1-2H3/t12-/m0/s1. The summed E-state index contributed by atoms with van der Waals surface area (Å²) in [4.78, 5) is 24.4. The van der Waals surface area contributed by atoms with Crippen LogP contribution in [0.3, 0.4) is 0 Å². The predicted molar refractivity (Wildman–Crippen MR) is 78.5 cm³/mol. The molecular formula is C15H19N5O2. The van der Waals surface area contributed by atoms with Crippen molar-refractivity contribution >= 4 is 5.91 Å². The number of carbonyl (C=O) groups is 1. The molecule has 116 valence electrons. The van der Waals surface area contributed by atoms with Gasteiger partial charge in [-0.2, -0.15) is 4.98 Å². The van der Waals surface area contributed by atoms with Crippen molar-refractivity contribution < 1.29 is 9.32 Å². The molecule has 3 rings (SSSR count). The molecule has 1 amide bonds. The Hall–Kier alpha value is -2.28. The minimum Gasteiger partial charge on any atom is -0.337 e. The van der Waals surface area contributed by atoms with Crippen LogP contribution < -0.4 is 0 Å². The van der Waals surface area contributed by atoms with Gasteiger partial charge in [-0.25, -0.2) is 0 Å². The molecule has 0 aliphatic carbocycles. The molecule has 1 atom stereocenters. The van der Waals surface area contributed by atoms with E-state index >= 15 is 0 Å². The smallest absolute Gasteiger partial charge is 0.249 e. The van der Waals surface area contributed by atoms with E-state index < -0.39 is 0 Å². The van der Waals surface area contributed by atoms with Crippen LogP contribution in [0, 0.1) is 0 Å². The van der Waals surface area contributed by atoms with Crippen molar-refractivity contribution in [2.75, 3.05) is 14.1 Å². The fourth-order valence-corrected chi connectivity index (χ4v) is 2.62. The Morgan fingerprint density at radius 1 is 1.36 bits per heavy atom. The monoisotopic (exact) mass is 301 g/mol. The molecule has 1 fully saturated rings. The number of amides is 1. The highest BCUT2D eigenvalue weighted by atomic mass is 16.5. The molecule has 0 radical (unpaired) electrons. The highest BCUT2D eigenvalue weighted by Crippen LogP contribution is 2.33. The first-order chi connectivity index (χ1) is 10.6. The summed E-state index contributed by atoms with van der Waals surface area (Å²) >= 11 is 0. The Labute approximate surface area is 128 Å². The van der Waals surface area contributed by atoms with Gasteiger partial charge >= 0.3 is 0 Å². The molecule has 7 heteroatoms. The molecule has 0 aromatic carbocycles. The third-order valence-corrected chi connectivity index (χ3v) is 3.66. The van der Waals surface area contributed by atoms with Crippen molar-refractivity contribution in [2.24, 2.45) is 0 Å². The van der Waals surface area contributed by atoms with E-state index in [1.54, 1.807) is 12.4 Å². The predicted octanol–water partition coefficient (Wildman–Crippen LogP) is 1.39. The van der Waals surface area contributed by atoms with Gasteiger partial charge in [-0.1, -0.05) is 5.16 Å². The lowest BCUT2D eigenvalue weighted by Crippen LogP contribution is -2.27. The summed E-state index contributed by atoms with van der Waals surface area (Å²) in [6, 6.07) is 3.69. The third kappa shape index (κ3) is 3.14. The molecule has 22 heavy (non-hydrogen) atoms. The van der Waals surface area contributed by atoms with E-state index in [1.807, 2.05) is 36.0 Å². The molecular weight excluding hydrogens is 282 g/mol. The van der Waals surface area contributed by atoms with Gasteiger partial charge in [0.2, 0.25) is 11.8 Å². The molecule has 2 aromatic heterocycles. The summed E-state index contributed by atoms with van der Waals surface area (Å²) in [5, 5.41) is 3.99. The van der Waals surface area contributed by atoms with E-state index in [4.69, 9.17) is 4.52 Å². The van der Waals surface area contributed by atoms with Crippen LogP contribution >= 0.6 is 0 Å². The number of nitrogens with zero attached hydrogens (tertiary/aromatic N) is 5. The largest absolute Gasteiger partial charge is 0.337 e. The number of hydrogen-bond donors (Lipinski definition) is 0. The molecule has 1 aliphatic heterocycles. The molecule has 2 aromatic rings. The van der Waals surface area contributed by atoms with E-state index in [0.717, 1.165) is 5.56 Å². The van der Waals surface area contributed by atoms with Gasteiger partial charge in [0.15, 0.2) is 5.82 Å². The van der Waals surface area contributed by atoms with E-state index in [9.17, 15) is 4.79 Å². The van der Waals surface area contributed by atoms with Gasteiger partial charge < -0.3 is 14.3 Å². The minimum absolute atomic E-state index is 0.120. The van der Waals surface area contributed by atoms with E-state index in [2.05, 4.69) is 15.1 Å². The summed E-state index contributed by atoms with van der Waals surface area (Å²) in [7, 11) is 3.90. The van der Waals surface area contributed by atoms with Crippen LogP contribution in [0.15, 0.2) is 29.0 Å². The van der Waals surface area contributed by atoms with Gasteiger partial charge in [-0.3, -0.25) is 9.78 Å². The second-order valence-corrected chi connectivity index (χ2v) is 5.72. The van der Waals surface area contributed by atoms with Crippen LogP contribution in [-0.4, -0.2) is 44.9 Å². The minimum atomic E-state index is -0.135. The van der Waals surface area contributed by atoms with E-state index in [1.165, 1.54) is 0 Å². The van der Waals surface area contributed by atoms with Gasteiger partial charge in [0.05, 0.1) is 6.54 Å². The van der Waals surface area contributed by atoms with E-state index in [-0.39, 0.29) is 11.9 Å². The van der Waals surface area contributed by atoms with Crippen molar-refractivity contribution in [3.8, 4) is 0 Å². The van der Waals surface area contributed by atoms with Crippen molar-refractivity contribution in [1.82, 2.24) is 24.9 Å². The summed E-state index contributed by atoms with van der Waals surface area (Å²) in [5.41, 5.74) is 1.04. The second-order valence-electron chi connectivity index (χ2n) is 5.72. The summed E-state index contributed by atoms with van der Waals surface area (Å²) in [6.07, 6.45) is 4.69. The normalized spacial score (nSPS) is 18.4. The molecule has 0 spiro atoms. The quantitative estimate of drug-likeness (QED) is 0.830. The average Bonchev–Trinajstić information content (AvgIpc) is 3.07. The van der Waals surface area contributed by atoms with Crippen LogP contribution in [0.4, 0.5) is 0 Å². The Morgan fingerprint density at radius 3 is 2.86 bits per heavy atom. The Morgan fingerprint density at radius 2 is 2.14 bits per heavy atom. The van der Waals surface area contributed by atoms with Crippen molar-refractivity contribution in [1.29, 1.82) is 0 Å². The molecule has 1 saturated heterocycles. The lowest BCUT2D eigenvalue weighted by Gasteiger charge is -2.21. The van der Waals surface area contributed by atoms with Crippen molar-refractivity contribution in [3.63, 3.8) is 0 Å². The maximum Gasteiger partial charge on any atom is 0.249 e. The first kappa shape index (κ1) is 14.6. The van der Waals surface area contributed by atoms with Gasteiger partial charge in [-0.15, -0.1) is 0 Å². The highest BCUT2D eigenvalue weighted by molar-refractivity contribution is 5.78. The number of pyridine rings is 1. The molecule has 0 N–H and O–H groups in total. The van der Waals surface area contributed by atoms with Crippen molar-refractivity contribution in [3.05, 3.63) is 41.8 Å². The molecule has 0 unspecified atom stereocenters. The van der Waals surface area contributed by atoms with Gasteiger partial charge in [0.1, 0.15) is 6.04 Å². The maximum absolute atomic E-state index is 12.2. The van der Waals surface area contributed by atoms with Crippen molar-refractivity contribution in [2.45, 2.75) is 32.0 Å². The highest BCUT2D eigenvalue weighted by Gasteiger charge is 2.35. The molecule has 0 saturated carbocycles. The summed E-state index contributed by atoms with van der Waals surface area (Å²) in [5.74, 6) is 1.29. The van der Waals surface area contributed by atoms with Crippen LogP contribution in [0.25, 0.3) is 0 Å². The first-order valence-electron chi connectivity index (χ1n) is 7.29. The third-order valence-electron chi connectivity index (χ3n) is 3.66. The Bertz CT molecular complexity index is 640. The Balaban J connectivity index is 1.77. The number of rotatable bonds is 5. The van der Waals surface area contributed by atoms with Gasteiger partial charge in [-0.05, 0) is 38.2 Å². The average molecular weight is 301 g/mol. The number of likely N-dealkylation sites (tertiary alicyclic amines) is 1. The number of hydrogen-bond acceptors (Lipinski definition) is 6. The molecule has 0 bridgehead atoms. The van der Waals surface area contributed by atoms with E-state index in [0.29, 0.717) is 37.6 Å². The topological polar surface area (TPSA) is 75.4 Å². The summed E-state index contributed by atoms with van der Waals surface area (Å²) in [6.45, 7) is 1.16. The Kier molecular flexibility index (Phi) is 4.15. The fraction of sp³-hybridized carbons (Fsp3) is 0.467. The zero-order valence-electron chi connectivity index (χ0n) is 12.8. The molecule has 1 aliphatic rings. The molecule has 7 nitrogen and oxygen atoms in total. The van der Waals surface area contributed by atoms with Crippen LogP contribution in [0.1, 0.15) is 36.2 Å². The van der Waals surface area contributed by atoms with Gasteiger partial charge in [0.25, 0.3) is 0 Å². The summed E-state index contributed by atoms with van der Waals surface area (Å²) < 4.78 is 5.37. The maximum atomic E-state index is 12.2. The second kappa shape index (κ2) is 6.23. The number of aromatic nitrogens is 3. The zero-order chi connectivity index (χ0) is 15.5. The SMILES string of the molecule is CN(C)Cc1noc([C@@H]2CCC(=O)N2Cc2ccncc2)n1. The lowest BCUT2D eigenvalue weighted by molar-refractivity contribution is -0.129. The van der Waals surface area contributed by atoms with Crippen LogP contribution in [-0.2, 0) is 17.9 Å². The van der Waals surface area contributed by atoms with Gasteiger partial charge in [0, 0.05) is 25.4 Å². The van der Waals surface area contributed by atoms with Crippen LogP contribution in [0.5, 0.6) is 0 Å².